The lowest BCUT2D eigenvalue weighted by Gasteiger charge is -2.03. The van der Waals surface area contributed by atoms with E-state index in [1.54, 1.807) is 37.3 Å². The molecule has 1 rings (SSSR count). The van der Waals surface area contributed by atoms with Crippen molar-refractivity contribution in [3.8, 4) is 0 Å². The number of aliphatic hydroxyl groups excluding tert-OH is 1. The molecule has 0 aliphatic carbocycles. The molecule has 0 aliphatic rings. The number of hydrogen-bond acceptors (Lipinski definition) is 3. The Hall–Kier alpha value is -1.32. The Balaban J connectivity index is 2.67. The maximum atomic E-state index is 11.1. The summed E-state index contributed by atoms with van der Waals surface area (Å²) in [4.78, 5) is 11.1. The van der Waals surface area contributed by atoms with E-state index in [1.165, 1.54) is 0 Å². The normalized spacial score (nSPS) is 10.8. The van der Waals surface area contributed by atoms with Crippen LogP contribution in [-0.2, 0) is 16.1 Å². The van der Waals surface area contributed by atoms with E-state index in [0.29, 0.717) is 11.6 Å². The van der Waals surface area contributed by atoms with Gasteiger partial charge < -0.3 is 9.84 Å². The molecule has 0 amide bonds. The average Bonchev–Trinajstić information content (AvgIpc) is 2.31. The molecule has 1 aromatic rings. The van der Waals surface area contributed by atoms with E-state index < -0.39 is 0 Å². The zero-order valence-electron chi connectivity index (χ0n) is 9.65. The topological polar surface area (TPSA) is 46.5 Å². The lowest BCUT2D eigenvalue weighted by atomic mass is 10.1. The molecular weight excluding hydrogens is 240 g/mol. The third-order valence-electron chi connectivity index (χ3n) is 2.16. The molecule has 0 heterocycles. The van der Waals surface area contributed by atoms with Crippen LogP contribution < -0.4 is 0 Å². The van der Waals surface area contributed by atoms with Gasteiger partial charge in [-0.25, -0.2) is 0 Å². The number of carbonyl (C=O) groups is 1. The predicted octanol–water partition coefficient (Wildman–Crippen LogP) is 2.80. The predicted molar refractivity (Wildman–Crippen MR) is 67.7 cm³/mol. The highest BCUT2D eigenvalue weighted by molar-refractivity contribution is 6.30. The van der Waals surface area contributed by atoms with Gasteiger partial charge in [0.2, 0.25) is 0 Å². The molecule has 92 valence electrons. The second-order valence-electron chi connectivity index (χ2n) is 3.41. The van der Waals surface area contributed by atoms with Gasteiger partial charge in [-0.1, -0.05) is 29.8 Å². The van der Waals surface area contributed by atoms with Crippen LogP contribution in [0.2, 0.25) is 5.02 Å². The number of benzene rings is 1. The van der Waals surface area contributed by atoms with Crippen LogP contribution in [0.15, 0.2) is 24.3 Å². The largest absolute Gasteiger partial charge is 0.466 e. The molecule has 1 aromatic carbocycles. The van der Waals surface area contributed by atoms with Crippen LogP contribution in [0.3, 0.4) is 0 Å². The first kappa shape index (κ1) is 13.7. The molecule has 0 aromatic heterocycles. The first-order chi connectivity index (χ1) is 8.17. The monoisotopic (exact) mass is 254 g/mol. The van der Waals surface area contributed by atoms with Crippen molar-refractivity contribution in [2.24, 2.45) is 0 Å². The van der Waals surface area contributed by atoms with Gasteiger partial charge in [-0.2, -0.15) is 0 Å². The highest BCUT2D eigenvalue weighted by Gasteiger charge is 2.00. The van der Waals surface area contributed by atoms with Crippen molar-refractivity contribution in [3.63, 3.8) is 0 Å². The van der Waals surface area contributed by atoms with Gasteiger partial charge in [0.05, 0.1) is 19.6 Å². The standard InChI is InChI=1S/C13H15ClO3/c1-2-17-13(16)5-3-4-10-6-7-12(14)8-11(10)9-15/h3-4,6-8,15H,2,5,9H2,1H3. The molecule has 3 nitrogen and oxygen atoms in total. The van der Waals surface area contributed by atoms with E-state index in [4.69, 9.17) is 21.4 Å². The van der Waals surface area contributed by atoms with Gasteiger partial charge in [-0.3, -0.25) is 4.79 Å². The molecule has 0 saturated heterocycles. The summed E-state index contributed by atoms with van der Waals surface area (Å²) in [5.41, 5.74) is 1.58. The van der Waals surface area contributed by atoms with Gasteiger partial charge in [0.1, 0.15) is 0 Å². The summed E-state index contributed by atoms with van der Waals surface area (Å²) in [5, 5.41) is 9.73. The molecule has 17 heavy (non-hydrogen) atoms. The number of aliphatic hydroxyl groups is 1. The number of ether oxygens (including phenoxy) is 1. The average molecular weight is 255 g/mol. The minimum Gasteiger partial charge on any atom is -0.466 e. The Morgan fingerprint density at radius 2 is 2.29 bits per heavy atom. The van der Waals surface area contributed by atoms with Crippen molar-refractivity contribution in [1.29, 1.82) is 0 Å². The molecule has 0 spiro atoms. The summed E-state index contributed by atoms with van der Waals surface area (Å²) in [5.74, 6) is -0.261. The van der Waals surface area contributed by atoms with E-state index in [1.807, 2.05) is 0 Å². The van der Waals surface area contributed by atoms with Gasteiger partial charge in [-0.15, -0.1) is 0 Å². The summed E-state index contributed by atoms with van der Waals surface area (Å²) >= 11 is 5.81. The first-order valence-corrected chi connectivity index (χ1v) is 5.76. The zero-order chi connectivity index (χ0) is 12.7. The van der Waals surface area contributed by atoms with Crippen molar-refractivity contribution >= 4 is 23.6 Å². The van der Waals surface area contributed by atoms with E-state index >= 15 is 0 Å². The van der Waals surface area contributed by atoms with E-state index in [2.05, 4.69) is 0 Å². The fraction of sp³-hybridized carbons (Fsp3) is 0.308. The van der Waals surface area contributed by atoms with Gasteiger partial charge in [0.15, 0.2) is 0 Å². The van der Waals surface area contributed by atoms with E-state index in [-0.39, 0.29) is 19.0 Å². The zero-order valence-corrected chi connectivity index (χ0v) is 10.4. The SMILES string of the molecule is CCOC(=O)CC=Cc1ccc(Cl)cc1CO. The number of carbonyl (C=O) groups excluding carboxylic acids is 1. The third kappa shape index (κ3) is 4.59. The number of hydrogen-bond donors (Lipinski definition) is 1. The number of esters is 1. The Labute approximate surface area is 106 Å². The molecule has 0 unspecified atom stereocenters. The van der Waals surface area contributed by atoms with Gasteiger partial charge in [0.25, 0.3) is 0 Å². The molecule has 0 bridgehead atoms. The molecule has 1 N–H and O–H groups in total. The lowest BCUT2D eigenvalue weighted by Crippen LogP contribution is -2.01. The number of rotatable bonds is 5. The summed E-state index contributed by atoms with van der Waals surface area (Å²) < 4.78 is 4.79. The van der Waals surface area contributed by atoms with Crippen LogP contribution in [-0.4, -0.2) is 17.7 Å². The Kier molecular flexibility index (Phi) is 5.73. The molecule has 0 fully saturated rings. The Morgan fingerprint density at radius 1 is 1.53 bits per heavy atom. The molecule has 0 radical (unpaired) electrons. The van der Waals surface area contributed by atoms with Crippen LogP contribution in [0.4, 0.5) is 0 Å². The van der Waals surface area contributed by atoms with Crippen LogP contribution in [0.1, 0.15) is 24.5 Å². The van der Waals surface area contributed by atoms with Gasteiger partial charge in [-0.05, 0) is 30.2 Å². The first-order valence-electron chi connectivity index (χ1n) is 5.38. The lowest BCUT2D eigenvalue weighted by molar-refractivity contribution is -0.142. The fourth-order valence-corrected chi connectivity index (χ4v) is 1.57. The van der Waals surface area contributed by atoms with E-state index in [0.717, 1.165) is 11.1 Å². The van der Waals surface area contributed by atoms with Crippen molar-refractivity contribution in [2.75, 3.05) is 6.61 Å². The molecular formula is C13H15ClO3. The Bertz CT molecular complexity index is 413. The van der Waals surface area contributed by atoms with Crippen LogP contribution >= 0.6 is 11.6 Å². The van der Waals surface area contributed by atoms with Crippen LogP contribution in [0.25, 0.3) is 6.08 Å². The number of halogens is 1. The summed E-state index contributed by atoms with van der Waals surface area (Å²) in [6, 6.07) is 5.24. The van der Waals surface area contributed by atoms with Crippen molar-refractivity contribution < 1.29 is 14.6 Å². The van der Waals surface area contributed by atoms with Crippen molar-refractivity contribution in [3.05, 3.63) is 40.4 Å². The maximum Gasteiger partial charge on any atom is 0.309 e. The quantitative estimate of drug-likeness (QED) is 0.822. The van der Waals surface area contributed by atoms with Gasteiger partial charge in [0, 0.05) is 5.02 Å². The fourth-order valence-electron chi connectivity index (χ4n) is 1.38. The molecule has 4 heteroatoms. The minimum atomic E-state index is -0.261. The highest BCUT2D eigenvalue weighted by Crippen LogP contribution is 2.17. The third-order valence-corrected chi connectivity index (χ3v) is 2.40. The Morgan fingerprint density at radius 3 is 2.94 bits per heavy atom. The van der Waals surface area contributed by atoms with Crippen LogP contribution in [0, 0.1) is 0 Å². The smallest absolute Gasteiger partial charge is 0.309 e. The van der Waals surface area contributed by atoms with Crippen molar-refractivity contribution in [2.45, 2.75) is 20.0 Å². The van der Waals surface area contributed by atoms with Crippen LogP contribution in [0.5, 0.6) is 0 Å². The highest BCUT2D eigenvalue weighted by atomic mass is 35.5. The van der Waals surface area contributed by atoms with Crippen molar-refractivity contribution in [1.82, 2.24) is 0 Å². The maximum absolute atomic E-state index is 11.1. The summed E-state index contributed by atoms with van der Waals surface area (Å²) in [7, 11) is 0. The minimum absolute atomic E-state index is 0.0837. The second-order valence-corrected chi connectivity index (χ2v) is 3.85. The van der Waals surface area contributed by atoms with Gasteiger partial charge >= 0.3 is 5.97 Å². The summed E-state index contributed by atoms with van der Waals surface area (Å²) in [6.07, 6.45) is 3.71. The van der Waals surface area contributed by atoms with E-state index in [9.17, 15) is 4.79 Å². The summed E-state index contributed by atoms with van der Waals surface area (Å²) in [6.45, 7) is 2.07. The second kappa shape index (κ2) is 7.09. The molecule has 0 aliphatic heterocycles. The molecule has 0 saturated carbocycles. The molecule has 0 atom stereocenters.